The van der Waals surface area contributed by atoms with Crippen LogP contribution in [-0.2, 0) is 14.8 Å². The molecule has 3 rings (SSSR count). The van der Waals surface area contributed by atoms with E-state index in [2.05, 4.69) is 14.6 Å². The second kappa shape index (κ2) is 8.75. The van der Waals surface area contributed by atoms with Crippen LogP contribution in [0.15, 0.2) is 24.3 Å². The highest BCUT2D eigenvalue weighted by atomic mass is 32.2. The summed E-state index contributed by atoms with van der Waals surface area (Å²) in [6.07, 6.45) is 4.30. The summed E-state index contributed by atoms with van der Waals surface area (Å²) in [5.41, 5.74) is 1.61. The average Bonchev–Trinajstić information content (AvgIpc) is 3.06. The maximum atomic E-state index is 12.4. The number of sulfonamides is 1. The van der Waals surface area contributed by atoms with E-state index in [9.17, 15) is 13.2 Å². The molecular formula is C19H27N3O4S. The molecular weight excluding hydrogens is 366 g/mol. The van der Waals surface area contributed by atoms with Gasteiger partial charge in [-0.15, -0.1) is 0 Å². The van der Waals surface area contributed by atoms with Crippen LogP contribution in [0.3, 0.4) is 0 Å². The number of nitrogens with zero attached hydrogens (tertiary/aromatic N) is 1. The molecule has 0 bridgehead atoms. The van der Waals surface area contributed by atoms with Crippen molar-refractivity contribution in [2.45, 2.75) is 32.6 Å². The van der Waals surface area contributed by atoms with Crippen molar-refractivity contribution in [3.63, 3.8) is 0 Å². The van der Waals surface area contributed by atoms with Gasteiger partial charge in [-0.05, 0) is 70.1 Å². The van der Waals surface area contributed by atoms with Crippen molar-refractivity contribution in [1.29, 1.82) is 0 Å². The molecule has 0 radical (unpaired) electrons. The van der Waals surface area contributed by atoms with Crippen molar-refractivity contribution in [2.75, 3.05) is 36.7 Å². The van der Waals surface area contributed by atoms with Crippen LogP contribution < -0.4 is 4.72 Å². The van der Waals surface area contributed by atoms with Gasteiger partial charge in [0.05, 0.1) is 12.4 Å². The molecule has 0 aliphatic carbocycles. The highest BCUT2D eigenvalue weighted by Crippen LogP contribution is 2.21. The number of aromatic amines is 1. The molecule has 1 aromatic carbocycles. The van der Waals surface area contributed by atoms with E-state index in [4.69, 9.17) is 4.74 Å². The van der Waals surface area contributed by atoms with Crippen molar-refractivity contribution >= 4 is 32.6 Å². The second-order valence-corrected chi connectivity index (χ2v) is 8.72. The van der Waals surface area contributed by atoms with Gasteiger partial charge in [0.2, 0.25) is 10.0 Å². The number of benzene rings is 1. The van der Waals surface area contributed by atoms with Crippen molar-refractivity contribution in [3.05, 3.63) is 30.0 Å². The zero-order chi connectivity index (χ0) is 19.3. The maximum Gasteiger partial charge on any atom is 0.354 e. The lowest BCUT2D eigenvalue weighted by atomic mass is 10.1. The van der Waals surface area contributed by atoms with Gasteiger partial charge in [-0.1, -0.05) is 6.42 Å². The molecule has 1 aliphatic rings. The van der Waals surface area contributed by atoms with Gasteiger partial charge in [0.25, 0.3) is 0 Å². The van der Waals surface area contributed by atoms with E-state index in [1.165, 1.54) is 19.3 Å². The van der Waals surface area contributed by atoms with E-state index >= 15 is 0 Å². The molecule has 0 amide bonds. The number of anilines is 1. The van der Waals surface area contributed by atoms with Gasteiger partial charge in [-0.25, -0.2) is 13.2 Å². The van der Waals surface area contributed by atoms with Crippen LogP contribution >= 0.6 is 0 Å². The first kappa shape index (κ1) is 19.7. The first-order valence-corrected chi connectivity index (χ1v) is 11.1. The van der Waals surface area contributed by atoms with E-state index in [1.807, 2.05) is 0 Å². The number of carbonyl (C=O) groups is 1. The SMILES string of the molecule is CCOC(=O)c1cc2cc(NS(=O)(=O)CCCN3CCCCC3)ccc2[nH]1. The number of H-pyrrole nitrogens is 1. The monoisotopic (exact) mass is 393 g/mol. The van der Waals surface area contributed by atoms with Gasteiger partial charge in [0.1, 0.15) is 5.69 Å². The van der Waals surface area contributed by atoms with Gasteiger partial charge in [0, 0.05) is 16.6 Å². The summed E-state index contributed by atoms with van der Waals surface area (Å²) < 4.78 is 32.3. The largest absolute Gasteiger partial charge is 0.461 e. The van der Waals surface area contributed by atoms with Crippen molar-refractivity contribution in [3.8, 4) is 0 Å². The fraction of sp³-hybridized carbons (Fsp3) is 0.526. The fourth-order valence-electron chi connectivity index (χ4n) is 3.41. The van der Waals surface area contributed by atoms with E-state index in [-0.39, 0.29) is 5.75 Å². The van der Waals surface area contributed by atoms with Crippen LogP contribution in [-0.4, -0.2) is 56.3 Å². The van der Waals surface area contributed by atoms with Crippen molar-refractivity contribution in [2.24, 2.45) is 0 Å². The quantitative estimate of drug-likeness (QED) is 0.673. The number of likely N-dealkylation sites (tertiary alicyclic amines) is 1. The van der Waals surface area contributed by atoms with Crippen LogP contribution in [0.25, 0.3) is 10.9 Å². The smallest absolute Gasteiger partial charge is 0.354 e. The predicted octanol–water partition coefficient (Wildman–Crippen LogP) is 2.96. The first-order valence-electron chi connectivity index (χ1n) is 9.49. The molecule has 0 spiro atoms. The zero-order valence-corrected chi connectivity index (χ0v) is 16.5. The molecule has 148 valence electrons. The van der Waals surface area contributed by atoms with E-state index in [1.54, 1.807) is 31.2 Å². The molecule has 8 heteroatoms. The van der Waals surface area contributed by atoms with Crippen LogP contribution in [0.5, 0.6) is 0 Å². The number of carbonyl (C=O) groups excluding carboxylic acids is 1. The Morgan fingerprint density at radius 2 is 2.00 bits per heavy atom. The number of piperidine rings is 1. The summed E-state index contributed by atoms with van der Waals surface area (Å²) in [6.45, 7) is 5.01. The number of aromatic nitrogens is 1. The van der Waals surface area contributed by atoms with Crippen molar-refractivity contribution in [1.82, 2.24) is 9.88 Å². The lowest BCUT2D eigenvalue weighted by Crippen LogP contribution is -2.32. The van der Waals surface area contributed by atoms with Crippen LogP contribution in [0.2, 0.25) is 0 Å². The topological polar surface area (TPSA) is 91.5 Å². The fourth-order valence-corrected chi connectivity index (χ4v) is 4.50. The molecule has 2 N–H and O–H groups in total. The first-order chi connectivity index (χ1) is 13.0. The molecule has 2 heterocycles. The Bertz CT molecular complexity index is 885. The summed E-state index contributed by atoms with van der Waals surface area (Å²) in [5, 5.41) is 0.756. The lowest BCUT2D eigenvalue weighted by molar-refractivity contribution is 0.0520. The predicted molar refractivity (Wildman–Crippen MR) is 107 cm³/mol. The average molecular weight is 394 g/mol. The van der Waals surface area contributed by atoms with Gasteiger partial charge in [-0.2, -0.15) is 0 Å². The van der Waals surface area contributed by atoms with E-state index < -0.39 is 16.0 Å². The van der Waals surface area contributed by atoms with E-state index in [0.717, 1.165) is 30.5 Å². The summed E-state index contributed by atoms with van der Waals surface area (Å²) in [4.78, 5) is 17.1. The minimum Gasteiger partial charge on any atom is -0.461 e. The lowest BCUT2D eigenvalue weighted by Gasteiger charge is -2.26. The Hall–Kier alpha value is -2.06. The summed E-state index contributed by atoms with van der Waals surface area (Å²) in [6, 6.07) is 6.83. The number of rotatable bonds is 8. The third kappa shape index (κ3) is 5.46. The standard InChI is InChI=1S/C19H27N3O4S/c1-2-26-19(23)18-14-15-13-16(7-8-17(15)20-18)21-27(24,25)12-6-11-22-9-4-3-5-10-22/h7-8,13-14,20-21H,2-6,9-12H2,1H3. The number of hydrogen-bond donors (Lipinski definition) is 2. The number of ether oxygens (including phenoxy) is 1. The summed E-state index contributed by atoms with van der Waals surface area (Å²) in [7, 11) is -3.40. The maximum absolute atomic E-state index is 12.4. The van der Waals surface area contributed by atoms with Crippen LogP contribution in [0.4, 0.5) is 5.69 Å². The van der Waals surface area contributed by atoms with E-state index in [0.29, 0.717) is 24.4 Å². The molecule has 2 aromatic rings. The summed E-state index contributed by atoms with van der Waals surface area (Å²) in [5.74, 6) is -0.323. The molecule has 0 saturated carbocycles. The van der Waals surface area contributed by atoms with Crippen LogP contribution in [0, 0.1) is 0 Å². The molecule has 1 saturated heterocycles. The minimum absolute atomic E-state index is 0.1000. The Morgan fingerprint density at radius 1 is 1.22 bits per heavy atom. The Morgan fingerprint density at radius 3 is 2.74 bits per heavy atom. The molecule has 0 atom stereocenters. The Labute approximate surface area is 160 Å². The second-order valence-electron chi connectivity index (χ2n) is 6.88. The van der Waals surface area contributed by atoms with Gasteiger partial charge in [-0.3, -0.25) is 4.72 Å². The van der Waals surface area contributed by atoms with Gasteiger partial charge in [0.15, 0.2) is 0 Å². The molecule has 0 unspecified atom stereocenters. The Kier molecular flexibility index (Phi) is 6.38. The number of hydrogen-bond acceptors (Lipinski definition) is 5. The number of nitrogens with one attached hydrogen (secondary N) is 2. The molecule has 1 fully saturated rings. The third-order valence-corrected chi connectivity index (χ3v) is 6.10. The molecule has 1 aliphatic heterocycles. The minimum atomic E-state index is -3.40. The van der Waals surface area contributed by atoms with Gasteiger partial charge < -0.3 is 14.6 Å². The summed E-state index contributed by atoms with van der Waals surface area (Å²) >= 11 is 0. The Balaban J connectivity index is 1.59. The number of fused-ring (bicyclic) bond motifs is 1. The normalized spacial score (nSPS) is 15.7. The highest BCUT2D eigenvalue weighted by molar-refractivity contribution is 7.92. The molecule has 27 heavy (non-hydrogen) atoms. The number of esters is 1. The van der Waals surface area contributed by atoms with Crippen molar-refractivity contribution < 1.29 is 17.9 Å². The van der Waals surface area contributed by atoms with Gasteiger partial charge >= 0.3 is 5.97 Å². The van der Waals surface area contributed by atoms with Crippen LogP contribution in [0.1, 0.15) is 43.1 Å². The molecule has 1 aromatic heterocycles. The molecule has 7 nitrogen and oxygen atoms in total. The third-order valence-electron chi connectivity index (χ3n) is 4.73. The zero-order valence-electron chi connectivity index (χ0n) is 15.7. The highest BCUT2D eigenvalue weighted by Gasteiger charge is 2.15.